The second-order valence-corrected chi connectivity index (χ2v) is 6.33. The Morgan fingerprint density at radius 3 is 2.34 bits per heavy atom. The number of halogens is 4. The summed E-state index contributed by atoms with van der Waals surface area (Å²) in [4.78, 5) is 23.8. The molecule has 0 aliphatic carbocycles. The molecule has 0 aliphatic rings. The Morgan fingerprint density at radius 2 is 1.75 bits per heavy atom. The topological polar surface area (TPSA) is 86.1 Å². The van der Waals surface area contributed by atoms with E-state index in [0.717, 1.165) is 24.3 Å². The molecular formula is C21H16F4N4O3. The zero-order chi connectivity index (χ0) is 23.3. The highest BCUT2D eigenvalue weighted by atomic mass is 19.4. The highest BCUT2D eigenvalue weighted by Gasteiger charge is 2.42. The summed E-state index contributed by atoms with van der Waals surface area (Å²) in [7, 11) is 0. The smallest absolute Gasteiger partial charge is 0.435 e. The lowest BCUT2D eigenvalue weighted by atomic mass is 10.2. The summed E-state index contributed by atoms with van der Waals surface area (Å²) in [5.41, 5.74) is -1.63. The minimum atomic E-state index is -4.95. The van der Waals surface area contributed by atoms with Crippen molar-refractivity contribution in [1.82, 2.24) is 15.0 Å². The minimum Gasteiger partial charge on any atom is -0.463 e. The number of amides is 1. The summed E-state index contributed by atoms with van der Waals surface area (Å²) in [5.74, 6) is -2.28. The van der Waals surface area contributed by atoms with E-state index < -0.39 is 35.3 Å². The molecule has 1 heterocycles. The summed E-state index contributed by atoms with van der Waals surface area (Å²) in [6.45, 7) is 1.91. The summed E-state index contributed by atoms with van der Waals surface area (Å²) < 4.78 is 59.3. The lowest BCUT2D eigenvalue weighted by molar-refractivity contribution is -0.143. The molecule has 1 aromatic heterocycles. The first-order valence-electron chi connectivity index (χ1n) is 9.24. The number of rotatable bonds is 6. The van der Waals surface area contributed by atoms with Gasteiger partial charge in [-0.15, -0.1) is 5.10 Å². The Kier molecular flexibility index (Phi) is 6.67. The first-order chi connectivity index (χ1) is 15.2. The highest BCUT2D eigenvalue weighted by Crippen LogP contribution is 2.33. The molecule has 166 valence electrons. The molecule has 32 heavy (non-hydrogen) atoms. The largest absolute Gasteiger partial charge is 0.463 e. The van der Waals surface area contributed by atoms with E-state index in [1.165, 1.54) is 24.3 Å². The van der Waals surface area contributed by atoms with E-state index in [4.69, 9.17) is 4.74 Å². The van der Waals surface area contributed by atoms with Crippen LogP contribution in [0.2, 0.25) is 0 Å². The molecule has 0 atom stereocenters. The second kappa shape index (κ2) is 9.41. The van der Waals surface area contributed by atoms with Crippen molar-refractivity contribution in [2.45, 2.75) is 13.1 Å². The monoisotopic (exact) mass is 448 g/mol. The average Bonchev–Trinajstić information content (AvgIpc) is 3.20. The van der Waals surface area contributed by atoms with Gasteiger partial charge in [-0.25, -0.2) is 13.9 Å². The van der Waals surface area contributed by atoms with Crippen LogP contribution in [0.15, 0.2) is 54.6 Å². The summed E-state index contributed by atoms with van der Waals surface area (Å²) >= 11 is 0. The molecule has 0 spiro atoms. The van der Waals surface area contributed by atoms with E-state index in [1.54, 1.807) is 19.1 Å². The third kappa shape index (κ3) is 5.36. The maximum atomic E-state index is 13.7. The fraction of sp³-hybridized carbons (Fsp3) is 0.143. The Bertz CT molecular complexity index is 1140. The van der Waals surface area contributed by atoms with Crippen molar-refractivity contribution in [3.8, 4) is 5.69 Å². The Labute approximate surface area is 179 Å². The number of hydrogen-bond acceptors (Lipinski definition) is 5. The third-order valence-corrected chi connectivity index (χ3v) is 4.09. The molecule has 0 radical (unpaired) electrons. The zero-order valence-electron chi connectivity index (χ0n) is 16.6. The van der Waals surface area contributed by atoms with Crippen molar-refractivity contribution in [3.05, 3.63) is 77.4 Å². The molecule has 0 saturated heterocycles. The number of carbonyl (C=O) groups is 2. The first-order valence-corrected chi connectivity index (χ1v) is 9.24. The van der Waals surface area contributed by atoms with Gasteiger partial charge in [0, 0.05) is 11.8 Å². The van der Waals surface area contributed by atoms with E-state index in [2.05, 4.69) is 15.6 Å². The molecule has 1 N–H and O–H groups in total. The summed E-state index contributed by atoms with van der Waals surface area (Å²) in [6.07, 6.45) is -2.24. The maximum absolute atomic E-state index is 13.7. The van der Waals surface area contributed by atoms with Crippen LogP contribution in [0.5, 0.6) is 0 Å². The SMILES string of the molecule is CCOC(=O)/C=C/c1ccc(NC(=O)c2nnn(-c3ccc(F)cc3)c2C(F)(F)F)cc1. The molecule has 0 aliphatic heterocycles. The number of hydrogen-bond donors (Lipinski definition) is 1. The van der Waals surface area contributed by atoms with Crippen LogP contribution in [0.3, 0.4) is 0 Å². The second-order valence-electron chi connectivity index (χ2n) is 6.33. The summed E-state index contributed by atoms with van der Waals surface area (Å²) in [5, 5.41) is 9.14. The standard InChI is InChI=1S/C21H16F4N4O3/c1-2-32-17(30)12-5-13-3-8-15(9-4-13)26-20(31)18-19(21(23,24)25)29(28-27-18)16-10-6-14(22)7-11-16/h3-12H,2H2,1H3,(H,26,31)/b12-5+. The Morgan fingerprint density at radius 1 is 1.09 bits per heavy atom. The molecule has 0 bridgehead atoms. The molecule has 3 aromatic rings. The van der Waals surface area contributed by atoms with Crippen LogP contribution >= 0.6 is 0 Å². The molecule has 0 fully saturated rings. The lowest BCUT2D eigenvalue weighted by Gasteiger charge is -2.11. The third-order valence-electron chi connectivity index (χ3n) is 4.09. The molecule has 3 rings (SSSR count). The van der Waals surface area contributed by atoms with Crippen LogP contribution in [0.4, 0.5) is 23.2 Å². The molecule has 0 saturated carbocycles. The van der Waals surface area contributed by atoms with Crippen LogP contribution < -0.4 is 5.32 Å². The van der Waals surface area contributed by atoms with Gasteiger partial charge in [0.2, 0.25) is 0 Å². The van der Waals surface area contributed by atoms with Gasteiger partial charge < -0.3 is 10.1 Å². The van der Waals surface area contributed by atoms with E-state index in [0.29, 0.717) is 10.2 Å². The Hall–Kier alpha value is -4.02. The molecule has 7 nitrogen and oxygen atoms in total. The zero-order valence-corrected chi connectivity index (χ0v) is 16.6. The van der Waals surface area contributed by atoms with Crippen molar-refractivity contribution in [3.63, 3.8) is 0 Å². The number of nitrogens with zero attached hydrogens (tertiary/aromatic N) is 3. The lowest BCUT2D eigenvalue weighted by Crippen LogP contribution is -2.21. The van der Waals surface area contributed by atoms with Crippen molar-refractivity contribution in [2.24, 2.45) is 0 Å². The van der Waals surface area contributed by atoms with Gasteiger partial charge in [0.05, 0.1) is 12.3 Å². The van der Waals surface area contributed by atoms with E-state index in [9.17, 15) is 27.2 Å². The predicted octanol–water partition coefficient (Wildman–Crippen LogP) is 4.25. The number of anilines is 1. The van der Waals surface area contributed by atoms with Gasteiger partial charge in [0.25, 0.3) is 5.91 Å². The molecular weight excluding hydrogens is 432 g/mol. The first kappa shape index (κ1) is 22.7. The molecule has 0 unspecified atom stereocenters. The predicted molar refractivity (Wildman–Crippen MR) is 106 cm³/mol. The van der Waals surface area contributed by atoms with Gasteiger partial charge in [-0.2, -0.15) is 13.2 Å². The van der Waals surface area contributed by atoms with Crippen LogP contribution in [0.25, 0.3) is 11.8 Å². The van der Waals surface area contributed by atoms with Gasteiger partial charge in [0.15, 0.2) is 11.4 Å². The number of esters is 1. The van der Waals surface area contributed by atoms with E-state index in [1.807, 2.05) is 0 Å². The van der Waals surface area contributed by atoms with Crippen LogP contribution in [-0.2, 0) is 15.7 Å². The number of alkyl halides is 3. The molecule has 2 aromatic carbocycles. The van der Waals surface area contributed by atoms with Crippen molar-refractivity contribution < 1.29 is 31.9 Å². The number of benzene rings is 2. The minimum absolute atomic E-state index is 0.108. The quantitative estimate of drug-likeness (QED) is 0.346. The molecule has 11 heteroatoms. The van der Waals surface area contributed by atoms with E-state index in [-0.39, 0.29) is 18.0 Å². The highest BCUT2D eigenvalue weighted by molar-refractivity contribution is 6.03. The number of nitrogens with one attached hydrogen (secondary N) is 1. The fourth-order valence-corrected chi connectivity index (χ4v) is 2.67. The molecule has 1 amide bonds. The van der Waals surface area contributed by atoms with Crippen molar-refractivity contribution >= 4 is 23.6 Å². The maximum Gasteiger partial charge on any atom is 0.435 e. The number of carbonyl (C=O) groups excluding carboxylic acids is 2. The van der Waals surface area contributed by atoms with Crippen molar-refractivity contribution in [2.75, 3.05) is 11.9 Å². The Balaban J connectivity index is 1.82. The fourth-order valence-electron chi connectivity index (χ4n) is 2.67. The number of ether oxygens (including phenoxy) is 1. The van der Waals surface area contributed by atoms with Crippen LogP contribution in [0, 0.1) is 5.82 Å². The van der Waals surface area contributed by atoms with Crippen LogP contribution in [0.1, 0.15) is 28.7 Å². The number of aromatic nitrogens is 3. The van der Waals surface area contributed by atoms with Gasteiger partial charge >= 0.3 is 12.1 Å². The van der Waals surface area contributed by atoms with Gasteiger partial charge in [-0.1, -0.05) is 17.3 Å². The normalized spacial score (nSPS) is 11.5. The average molecular weight is 448 g/mol. The van der Waals surface area contributed by atoms with Crippen molar-refractivity contribution in [1.29, 1.82) is 0 Å². The summed E-state index contributed by atoms with van der Waals surface area (Å²) in [6, 6.07) is 10.1. The van der Waals surface area contributed by atoms with Gasteiger partial charge in [-0.3, -0.25) is 4.79 Å². The van der Waals surface area contributed by atoms with E-state index >= 15 is 0 Å². The van der Waals surface area contributed by atoms with Gasteiger partial charge in [0.1, 0.15) is 5.82 Å². The van der Waals surface area contributed by atoms with Gasteiger partial charge in [-0.05, 0) is 55.0 Å². The van der Waals surface area contributed by atoms with Crippen LogP contribution in [-0.4, -0.2) is 33.5 Å².